The number of hydrogen-bond donors (Lipinski definition) is 3. The summed E-state index contributed by atoms with van der Waals surface area (Å²) in [7, 11) is 0. The number of carbonyl (C=O) groups is 2. The van der Waals surface area contributed by atoms with Crippen molar-refractivity contribution >= 4 is 39.0 Å². The van der Waals surface area contributed by atoms with Crippen LogP contribution < -0.4 is 5.32 Å². The van der Waals surface area contributed by atoms with Crippen LogP contribution in [0.1, 0.15) is 36.7 Å². The van der Waals surface area contributed by atoms with E-state index in [0.717, 1.165) is 21.2 Å². The van der Waals surface area contributed by atoms with Gasteiger partial charge < -0.3 is 15.5 Å². The lowest BCUT2D eigenvalue weighted by atomic mass is 10.0. The number of aryl methyl sites for hydroxylation is 1. The number of carbonyl (C=O) groups excluding carboxylic acids is 1. The van der Waals surface area contributed by atoms with Gasteiger partial charge in [0.15, 0.2) is 0 Å². The van der Waals surface area contributed by atoms with Gasteiger partial charge in [-0.2, -0.15) is 0 Å². The van der Waals surface area contributed by atoms with Crippen molar-refractivity contribution in [2.75, 3.05) is 5.32 Å². The fourth-order valence-electron chi connectivity index (χ4n) is 3.34. The molecule has 1 heterocycles. The Morgan fingerprint density at radius 3 is 2.47 bits per heavy atom. The first-order valence-electron chi connectivity index (χ1n) is 9.36. The first-order valence-corrected chi connectivity index (χ1v) is 10.2. The van der Waals surface area contributed by atoms with E-state index in [0.29, 0.717) is 17.0 Å². The van der Waals surface area contributed by atoms with E-state index in [1.807, 2.05) is 43.3 Å². The molecule has 0 unspecified atom stereocenters. The Morgan fingerprint density at radius 1 is 1.00 bits per heavy atom. The molecule has 30 heavy (non-hydrogen) atoms. The van der Waals surface area contributed by atoms with Crippen LogP contribution in [0.4, 0.5) is 5.69 Å². The fourth-order valence-corrected chi connectivity index (χ4v) is 4.46. The molecule has 3 N–H and O–H groups in total. The van der Waals surface area contributed by atoms with Gasteiger partial charge in [-0.05, 0) is 54.1 Å². The summed E-state index contributed by atoms with van der Waals surface area (Å²) < 4.78 is 1.02. The number of nitrogens with one attached hydrogen (secondary N) is 1. The zero-order chi connectivity index (χ0) is 21.3. The number of carboxylic acid groups (broad SMARTS) is 1. The molecular weight excluding hydrogens is 398 g/mol. The molecule has 0 radical (unpaired) electrons. The molecule has 1 amide bonds. The zero-order valence-corrected chi connectivity index (χ0v) is 17.0. The number of benzene rings is 3. The summed E-state index contributed by atoms with van der Waals surface area (Å²) in [4.78, 5) is 24.9. The summed E-state index contributed by atoms with van der Waals surface area (Å²) in [5.74, 6) is -1.91. The minimum atomic E-state index is -1.26. The quantitative estimate of drug-likeness (QED) is 0.377. The van der Waals surface area contributed by atoms with Gasteiger partial charge in [-0.25, -0.2) is 4.79 Å². The number of thiophene rings is 1. The summed E-state index contributed by atoms with van der Waals surface area (Å²) in [6.07, 6.45) is 0.614. The highest BCUT2D eigenvalue weighted by molar-refractivity contribution is 7.21. The molecule has 5 nitrogen and oxygen atoms in total. The number of rotatable bonds is 5. The Morgan fingerprint density at radius 2 is 1.73 bits per heavy atom. The second kappa shape index (κ2) is 8.00. The fraction of sp³-hybridized carbons (Fsp3) is 0.0833. The Kier molecular flexibility index (Phi) is 5.25. The first-order chi connectivity index (χ1) is 14.4. The lowest BCUT2D eigenvalue weighted by molar-refractivity contribution is 0.0693. The lowest BCUT2D eigenvalue weighted by Crippen LogP contribution is -2.13. The van der Waals surface area contributed by atoms with Crippen LogP contribution in [0.3, 0.4) is 0 Å². The maximum atomic E-state index is 13.1. The molecule has 0 aliphatic heterocycles. The van der Waals surface area contributed by atoms with E-state index in [2.05, 4.69) is 17.4 Å². The standard InChI is InChI=1S/C24H19NO4S/c1-14-6-8-15(9-7-14)12-18-17-4-2-3-5-21(17)30-22(18)23(27)25-16-10-11-20(26)19(13-16)24(28)29/h2-11,13,26H,12H2,1H3,(H,25,27)(H,28,29). The predicted molar refractivity (Wildman–Crippen MR) is 119 cm³/mol. The van der Waals surface area contributed by atoms with Crippen molar-refractivity contribution in [2.24, 2.45) is 0 Å². The average molecular weight is 417 g/mol. The highest BCUT2D eigenvalue weighted by Crippen LogP contribution is 2.34. The summed E-state index contributed by atoms with van der Waals surface area (Å²) in [6, 6.07) is 20.1. The van der Waals surface area contributed by atoms with Crippen LogP contribution in [0.2, 0.25) is 0 Å². The van der Waals surface area contributed by atoms with E-state index in [1.165, 1.54) is 35.1 Å². The van der Waals surface area contributed by atoms with Gasteiger partial charge >= 0.3 is 5.97 Å². The monoisotopic (exact) mass is 417 g/mol. The van der Waals surface area contributed by atoms with E-state index < -0.39 is 5.97 Å². The Hall–Kier alpha value is -3.64. The molecule has 6 heteroatoms. The van der Waals surface area contributed by atoms with Gasteiger partial charge in [0.1, 0.15) is 11.3 Å². The lowest BCUT2D eigenvalue weighted by Gasteiger charge is -2.09. The molecule has 0 bridgehead atoms. The highest BCUT2D eigenvalue weighted by atomic mass is 32.1. The maximum Gasteiger partial charge on any atom is 0.339 e. The summed E-state index contributed by atoms with van der Waals surface area (Å²) >= 11 is 1.41. The van der Waals surface area contributed by atoms with Crippen molar-refractivity contribution in [3.63, 3.8) is 0 Å². The van der Waals surface area contributed by atoms with E-state index in [9.17, 15) is 19.8 Å². The normalized spacial score (nSPS) is 10.8. The third-order valence-corrected chi connectivity index (χ3v) is 6.10. The summed E-state index contributed by atoms with van der Waals surface area (Å²) in [5.41, 5.74) is 3.27. The number of carboxylic acids is 1. The third kappa shape index (κ3) is 3.90. The van der Waals surface area contributed by atoms with E-state index in [-0.39, 0.29) is 17.2 Å². The molecule has 3 aromatic carbocycles. The van der Waals surface area contributed by atoms with Crippen molar-refractivity contribution in [1.29, 1.82) is 0 Å². The van der Waals surface area contributed by atoms with Crippen molar-refractivity contribution < 1.29 is 19.8 Å². The molecule has 0 atom stereocenters. The van der Waals surface area contributed by atoms with Gasteiger partial charge in [-0.15, -0.1) is 11.3 Å². The number of hydrogen-bond acceptors (Lipinski definition) is 4. The minimum absolute atomic E-state index is 0.260. The highest BCUT2D eigenvalue weighted by Gasteiger charge is 2.20. The second-order valence-corrected chi connectivity index (χ2v) is 8.11. The van der Waals surface area contributed by atoms with Crippen LogP contribution >= 0.6 is 11.3 Å². The SMILES string of the molecule is Cc1ccc(Cc2c(C(=O)Nc3ccc(O)c(C(=O)O)c3)sc3ccccc23)cc1. The van der Waals surface area contributed by atoms with Gasteiger partial charge in [-0.3, -0.25) is 4.79 Å². The van der Waals surface area contributed by atoms with Gasteiger partial charge in [0.05, 0.1) is 4.88 Å². The number of amides is 1. The number of aromatic carboxylic acids is 1. The number of aromatic hydroxyl groups is 1. The van der Waals surface area contributed by atoms with Crippen molar-refractivity contribution in [3.05, 3.63) is 93.9 Å². The Bertz CT molecular complexity index is 1260. The molecule has 4 rings (SSSR count). The maximum absolute atomic E-state index is 13.1. The Balaban J connectivity index is 1.71. The van der Waals surface area contributed by atoms with Crippen LogP contribution in [0.15, 0.2) is 66.7 Å². The van der Waals surface area contributed by atoms with Gasteiger partial charge in [-0.1, -0.05) is 48.0 Å². The molecule has 4 aromatic rings. The van der Waals surface area contributed by atoms with Gasteiger partial charge in [0, 0.05) is 10.4 Å². The number of phenols is 1. The first kappa shape index (κ1) is 19.7. The van der Waals surface area contributed by atoms with Gasteiger partial charge in [0.25, 0.3) is 5.91 Å². The summed E-state index contributed by atoms with van der Waals surface area (Å²) in [6.45, 7) is 2.03. The zero-order valence-electron chi connectivity index (χ0n) is 16.2. The van der Waals surface area contributed by atoms with Crippen molar-refractivity contribution in [3.8, 4) is 5.75 Å². The third-order valence-electron chi connectivity index (χ3n) is 4.89. The van der Waals surface area contributed by atoms with Crippen molar-refractivity contribution in [2.45, 2.75) is 13.3 Å². The summed E-state index contributed by atoms with van der Waals surface area (Å²) in [5, 5.41) is 22.7. The van der Waals surface area contributed by atoms with E-state index in [1.54, 1.807) is 0 Å². The molecular formula is C24H19NO4S. The smallest absolute Gasteiger partial charge is 0.339 e. The molecule has 0 aliphatic carbocycles. The van der Waals surface area contributed by atoms with E-state index in [4.69, 9.17) is 0 Å². The molecule has 0 spiro atoms. The largest absolute Gasteiger partial charge is 0.507 e. The van der Waals surface area contributed by atoms with Crippen LogP contribution in [0.5, 0.6) is 5.75 Å². The number of anilines is 1. The van der Waals surface area contributed by atoms with Gasteiger partial charge in [0.2, 0.25) is 0 Å². The van der Waals surface area contributed by atoms with Crippen LogP contribution in [-0.4, -0.2) is 22.1 Å². The average Bonchev–Trinajstić information content (AvgIpc) is 3.09. The van der Waals surface area contributed by atoms with Crippen LogP contribution in [0, 0.1) is 6.92 Å². The van der Waals surface area contributed by atoms with Crippen molar-refractivity contribution in [1.82, 2.24) is 0 Å². The molecule has 150 valence electrons. The molecule has 0 fully saturated rings. The predicted octanol–water partition coefficient (Wildman–Crippen LogP) is 5.46. The molecule has 0 saturated heterocycles. The topological polar surface area (TPSA) is 86.6 Å². The molecule has 0 saturated carbocycles. The molecule has 0 aliphatic rings. The van der Waals surface area contributed by atoms with Crippen LogP contribution in [0.25, 0.3) is 10.1 Å². The Labute approximate surface area is 177 Å². The van der Waals surface area contributed by atoms with Crippen LogP contribution in [-0.2, 0) is 6.42 Å². The number of fused-ring (bicyclic) bond motifs is 1. The molecule has 1 aromatic heterocycles. The minimum Gasteiger partial charge on any atom is -0.507 e. The van der Waals surface area contributed by atoms with E-state index >= 15 is 0 Å². The second-order valence-electron chi connectivity index (χ2n) is 7.06.